The molecule has 1 amide bonds. The third-order valence-electron chi connectivity index (χ3n) is 3.48. The van der Waals surface area contributed by atoms with E-state index in [1.807, 2.05) is 0 Å². The molecule has 0 aliphatic carbocycles. The largest absolute Gasteiger partial charge is 0.497 e. The number of esters is 2. The first-order valence-electron chi connectivity index (χ1n) is 7.79. The zero-order valence-electron chi connectivity index (χ0n) is 14.5. The molecule has 0 saturated heterocycles. The van der Waals surface area contributed by atoms with Crippen LogP contribution in [0.15, 0.2) is 48.5 Å². The number of carbonyl (C=O) groups excluding carboxylic acids is 3. The molecule has 0 aliphatic heterocycles. The lowest BCUT2D eigenvalue weighted by molar-refractivity contribution is -0.146. The third-order valence-corrected chi connectivity index (χ3v) is 3.48. The molecule has 7 heteroatoms. The number of methoxy groups -OCH3 is 2. The van der Waals surface area contributed by atoms with Gasteiger partial charge in [-0.15, -0.1) is 0 Å². The Kier molecular flexibility index (Phi) is 6.73. The predicted molar refractivity (Wildman–Crippen MR) is 94.1 cm³/mol. The van der Waals surface area contributed by atoms with E-state index in [0.717, 1.165) is 5.56 Å². The van der Waals surface area contributed by atoms with Gasteiger partial charge in [-0.25, -0.2) is 4.79 Å². The molecule has 0 atom stereocenters. The molecule has 136 valence electrons. The molecule has 26 heavy (non-hydrogen) atoms. The van der Waals surface area contributed by atoms with Crippen molar-refractivity contribution in [2.24, 2.45) is 0 Å². The summed E-state index contributed by atoms with van der Waals surface area (Å²) in [5, 5.41) is 2.53. The summed E-state index contributed by atoms with van der Waals surface area (Å²) in [7, 11) is 2.81. The van der Waals surface area contributed by atoms with Crippen LogP contribution in [0.2, 0.25) is 0 Å². The molecular formula is C19H19NO6. The van der Waals surface area contributed by atoms with E-state index in [2.05, 4.69) is 10.1 Å². The number of nitrogens with one attached hydrogen (secondary N) is 1. The number of rotatable bonds is 7. The number of hydrogen-bond acceptors (Lipinski definition) is 6. The van der Waals surface area contributed by atoms with Crippen LogP contribution in [-0.2, 0) is 25.5 Å². The van der Waals surface area contributed by atoms with E-state index in [4.69, 9.17) is 9.47 Å². The molecule has 2 aromatic rings. The average molecular weight is 357 g/mol. The molecule has 2 aromatic carbocycles. The maximum atomic E-state index is 12.0. The Balaban J connectivity index is 1.86. The van der Waals surface area contributed by atoms with E-state index in [-0.39, 0.29) is 17.7 Å². The Morgan fingerprint density at radius 2 is 1.65 bits per heavy atom. The first-order chi connectivity index (χ1) is 12.5. The van der Waals surface area contributed by atoms with Crippen molar-refractivity contribution in [2.75, 3.05) is 26.1 Å². The van der Waals surface area contributed by atoms with Gasteiger partial charge in [0.05, 0.1) is 31.9 Å². The first-order valence-corrected chi connectivity index (χ1v) is 7.79. The maximum absolute atomic E-state index is 12.0. The Labute approximate surface area is 150 Å². The van der Waals surface area contributed by atoms with Crippen LogP contribution in [0.3, 0.4) is 0 Å². The first kappa shape index (κ1) is 19.0. The standard InChI is InChI=1S/C19H19NO6/c1-24-14-9-7-13(8-10-14)11-18(22)26-12-17(21)20-16-6-4-3-5-15(16)19(23)25-2/h3-10H,11-12H2,1-2H3,(H,20,21). The van der Waals surface area contributed by atoms with Crippen molar-refractivity contribution >= 4 is 23.5 Å². The molecule has 0 fully saturated rings. The Bertz CT molecular complexity index is 785. The van der Waals surface area contributed by atoms with Gasteiger partial charge in [-0.2, -0.15) is 0 Å². The molecule has 1 N–H and O–H groups in total. The van der Waals surface area contributed by atoms with E-state index >= 15 is 0 Å². The molecule has 0 radical (unpaired) electrons. The van der Waals surface area contributed by atoms with Crippen molar-refractivity contribution < 1.29 is 28.6 Å². The van der Waals surface area contributed by atoms with Gasteiger partial charge < -0.3 is 19.5 Å². The summed E-state index contributed by atoms with van der Waals surface area (Å²) in [6.07, 6.45) is 0.0377. The van der Waals surface area contributed by atoms with Gasteiger partial charge in [-0.3, -0.25) is 9.59 Å². The summed E-state index contributed by atoms with van der Waals surface area (Å²) in [6.45, 7) is -0.454. The molecule has 2 rings (SSSR count). The van der Waals surface area contributed by atoms with Gasteiger partial charge >= 0.3 is 11.9 Å². The van der Waals surface area contributed by atoms with E-state index in [9.17, 15) is 14.4 Å². The van der Waals surface area contributed by atoms with Crippen molar-refractivity contribution in [1.29, 1.82) is 0 Å². The third kappa shape index (κ3) is 5.34. The van der Waals surface area contributed by atoms with Gasteiger partial charge in [-0.05, 0) is 29.8 Å². The lowest BCUT2D eigenvalue weighted by Crippen LogP contribution is -2.22. The molecule has 0 aliphatic rings. The summed E-state index contributed by atoms with van der Waals surface area (Å²) >= 11 is 0. The lowest BCUT2D eigenvalue weighted by Gasteiger charge is -2.10. The predicted octanol–water partition coefficient (Wildman–Crippen LogP) is 2.21. The highest BCUT2D eigenvalue weighted by Gasteiger charge is 2.14. The van der Waals surface area contributed by atoms with Crippen molar-refractivity contribution in [3.8, 4) is 5.75 Å². The van der Waals surface area contributed by atoms with Crippen LogP contribution in [0.5, 0.6) is 5.75 Å². The summed E-state index contributed by atoms with van der Waals surface area (Å²) in [6, 6.07) is 13.4. The average Bonchev–Trinajstić information content (AvgIpc) is 2.67. The van der Waals surface area contributed by atoms with Crippen LogP contribution >= 0.6 is 0 Å². The van der Waals surface area contributed by atoms with Crippen molar-refractivity contribution in [3.05, 3.63) is 59.7 Å². The minimum atomic E-state index is -0.572. The molecule has 7 nitrogen and oxygen atoms in total. The SMILES string of the molecule is COC(=O)c1ccccc1NC(=O)COC(=O)Cc1ccc(OC)cc1. The van der Waals surface area contributed by atoms with Gasteiger partial charge in [0.25, 0.3) is 5.91 Å². The van der Waals surface area contributed by atoms with Gasteiger partial charge in [0, 0.05) is 0 Å². The lowest BCUT2D eigenvalue weighted by atomic mass is 10.1. The van der Waals surface area contributed by atoms with Crippen LogP contribution in [0.4, 0.5) is 5.69 Å². The Morgan fingerprint density at radius 3 is 2.31 bits per heavy atom. The highest BCUT2D eigenvalue weighted by Crippen LogP contribution is 2.16. The summed E-state index contributed by atoms with van der Waals surface area (Å²) in [5.41, 5.74) is 1.25. The number of benzene rings is 2. The highest BCUT2D eigenvalue weighted by molar-refractivity contribution is 6.01. The van der Waals surface area contributed by atoms with E-state index in [0.29, 0.717) is 5.75 Å². The monoisotopic (exact) mass is 357 g/mol. The van der Waals surface area contributed by atoms with Crippen LogP contribution in [0.1, 0.15) is 15.9 Å². The molecule has 0 saturated carbocycles. The smallest absolute Gasteiger partial charge is 0.339 e. The highest BCUT2D eigenvalue weighted by atomic mass is 16.5. The van der Waals surface area contributed by atoms with E-state index in [1.54, 1.807) is 49.6 Å². The second-order valence-corrected chi connectivity index (χ2v) is 5.27. The van der Waals surface area contributed by atoms with Gasteiger partial charge in [0.1, 0.15) is 5.75 Å². The number of carbonyl (C=O) groups is 3. The number of para-hydroxylation sites is 1. The van der Waals surface area contributed by atoms with Crippen molar-refractivity contribution in [1.82, 2.24) is 0 Å². The minimum absolute atomic E-state index is 0.0377. The van der Waals surface area contributed by atoms with Crippen molar-refractivity contribution in [3.63, 3.8) is 0 Å². The summed E-state index contributed by atoms with van der Waals surface area (Å²) < 4.78 is 14.7. The second kappa shape index (κ2) is 9.22. The Morgan fingerprint density at radius 1 is 0.962 bits per heavy atom. The zero-order chi connectivity index (χ0) is 18.9. The summed E-state index contributed by atoms with van der Waals surface area (Å²) in [5.74, 6) is -0.973. The van der Waals surface area contributed by atoms with Crippen LogP contribution in [-0.4, -0.2) is 38.7 Å². The van der Waals surface area contributed by atoms with Crippen LogP contribution in [0, 0.1) is 0 Å². The molecule has 0 heterocycles. The molecule has 0 aromatic heterocycles. The fraction of sp³-hybridized carbons (Fsp3) is 0.211. The van der Waals surface area contributed by atoms with Gasteiger partial charge in [-0.1, -0.05) is 24.3 Å². The van der Waals surface area contributed by atoms with Gasteiger partial charge in [0.15, 0.2) is 6.61 Å². The maximum Gasteiger partial charge on any atom is 0.339 e. The number of anilines is 1. The quantitative estimate of drug-likeness (QED) is 0.764. The van der Waals surface area contributed by atoms with Crippen molar-refractivity contribution in [2.45, 2.75) is 6.42 Å². The van der Waals surface area contributed by atoms with E-state index in [1.165, 1.54) is 13.2 Å². The van der Waals surface area contributed by atoms with Gasteiger partial charge in [0.2, 0.25) is 0 Å². The molecule has 0 spiro atoms. The second-order valence-electron chi connectivity index (χ2n) is 5.27. The van der Waals surface area contributed by atoms with E-state index < -0.39 is 24.5 Å². The number of ether oxygens (including phenoxy) is 3. The fourth-order valence-corrected chi connectivity index (χ4v) is 2.17. The normalized spacial score (nSPS) is 9.92. The van der Waals surface area contributed by atoms with Crippen LogP contribution < -0.4 is 10.1 Å². The topological polar surface area (TPSA) is 90.9 Å². The Hall–Kier alpha value is -3.35. The number of hydrogen-bond donors (Lipinski definition) is 1. The zero-order valence-corrected chi connectivity index (χ0v) is 14.5. The molecular weight excluding hydrogens is 338 g/mol. The fourth-order valence-electron chi connectivity index (χ4n) is 2.17. The van der Waals surface area contributed by atoms with Crippen LogP contribution in [0.25, 0.3) is 0 Å². The minimum Gasteiger partial charge on any atom is -0.497 e. The molecule has 0 bridgehead atoms. The molecule has 0 unspecified atom stereocenters. The summed E-state index contributed by atoms with van der Waals surface area (Å²) in [4.78, 5) is 35.5. The number of amides is 1.